The number of hydrogen-bond acceptors (Lipinski definition) is 4. The van der Waals surface area contributed by atoms with Crippen LogP contribution in [-0.4, -0.2) is 45.5 Å². The lowest BCUT2D eigenvalue weighted by atomic mass is 9.68. The smallest absolute Gasteiger partial charge is 0.230 e. The molecule has 0 radical (unpaired) electrons. The molecule has 1 aliphatic carbocycles. The normalized spacial score (nSPS) is 23.5. The van der Waals surface area contributed by atoms with E-state index < -0.39 is 5.41 Å². The molecular weight excluding hydrogens is 306 g/mol. The number of ether oxygens (including phenoxy) is 3. The van der Waals surface area contributed by atoms with Crippen LogP contribution in [0.3, 0.4) is 0 Å². The Bertz CT molecular complexity index is 531. The van der Waals surface area contributed by atoms with Crippen molar-refractivity contribution in [3.8, 4) is 5.75 Å². The van der Waals surface area contributed by atoms with E-state index in [1.807, 2.05) is 24.3 Å². The van der Waals surface area contributed by atoms with Crippen LogP contribution in [0.1, 0.15) is 37.7 Å². The minimum atomic E-state index is -0.431. The molecular formula is C19H27NO4. The summed E-state index contributed by atoms with van der Waals surface area (Å²) in [6.07, 6.45) is 5.12. The monoisotopic (exact) mass is 333 g/mol. The quantitative estimate of drug-likeness (QED) is 0.899. The molecule has 5 nitrogen and oxygen atoms in total. The molecule has 0 aromatic heterocycles. The number of benzene rings is 1. The Morgan fingerprint density at radius 3 is 2.58 bits per heavy atom. The lowest BCUT2D eigenvalue weighted by Gasteiger charge is -2.37. The predicted octanol–water partition coefficient (Wildman–Crippen LogP) is 2.43. The van der Waals surface area contributed by atoms with E-state index >= 15 is 0 Å². The Hall–Kier alpha value is -1.59. The van der Waals surface area contributed by atoms with Crippen LogP contribution in [-0.2, 0) is 19.7 Å². The summed E-state index contributed by atoms with van der Waals surface area (Å²) in [6, 6.07) is 7.95. The van der Waals surface area contributed by atoms with Crippen LogP contribution in [0.4, 0.5) is 0 Å². The highest BCUT2D eigenvalue weighted by Crippen LogP contribution is 2.40. The van der Waals surface area contributed by atoms with Crippen LogP contribution in [0.15, 0.2) is 24.3 Å². The van der Waals surface area contributed by atoms with Crippen molar-refractivity contribution in [3.63, 3.8) is 0 Å². The first-order chi connectivity index (χ1) is 11.7. The molecule has 1 aromatic carbocycles. The molecule has 1 amide bonds. The van der Waals surface area contributed by atoms with E-state index in [1.165, 1.54) is 6.42 Å². The number of rotatable bonds is 5. The summed E-state index contributed by atoms with van der Waals surface area (Å²) in [5.74, 6) is 0.930. The zero-order valence-corrected chi connectivity index (χ0v) is 14.4. The molecule has 0 unspecified atom stereocenters. The van der Waals surface area contributed by atoms with Crippen molar-refractivity contribution in [2.24, 2.45) is 0 Å². The van der Waals surface area contributed by atoms with Gasteiger partial charge in [0.25, 0.3) is 0 Å². The van der Waals surface area contributed by atoms with Gasteiger partial charge in [-0.3, -0.25) is 4.79 Å². The molecule has 1 saturated heterocycles. The molecule has 24 heavy (non-hydrogen) atoms. The highest BCUT2D eigenvalue weighted by atomic mass is 16.6. The lowest BCUT2D eigenvalue weighted by Crippen LogP contribution is -2.49. The first-order valence-electron chi connectivity index (χ1n) is 8.87. The van der Waals surface area contributed by atoms with Crippen LogP contribution < -0.4 is 10.1 Å². The van der Waals surface area contributed by atoms with Gasteiger partial charge in [0.15, 0.2) is 0 Å². The first kappa shape index (κ1) is 17.2. The van der Waals surface area contributed by atoms with Gasteiger partial charge in [-0.05, 0) is 30.5 Å². The van der Waals surface area contributed by atoms with Gasteiger partial charge >= 0.3 is 0 Å². The fraction of sp³-hybridized carbons (Fsp3) is 0.632. The van der Waals surface area contributed by atoms with Crippen LogP contribution in [0.2, 0.25) is 0 Å². The fourth-order valence-corrected chi connectivity index (χ4v) is 3.74. The molecule has 5 heteroatoms. The van der Waals surface area contributed by atoms with E-state index in [0.29, 0.717) is 26.4 Å². The predicted molar refractivity (Wildman–Crippen MR) is 91.3 cm³/mol. The third-order valence-electron chi connectivity index (χ3n) is 5.16. The van der Waals surface area contributed by atoms with Crippen molar-refractivity contribution < 1.29 is 19.0 Å². The van der Waals surface area contributed by atoms with E-state index in [4.69, 9.17) is 14.2 Å². The Morgan fingerprint density at radius 2 is 1.96 bits per heavy atom. The number of nitrogens with one attached hydrogen (secondary N) is 1. The molecule has 2 aliphatic rings. The summed E-state index contributed by atoms with van der Waals surface area (Å²) < 4.78 is 16.3. The molecule has 0 spiro atoms. The highest BCUT2D eigenvalue weighted by molar-refractivity contribution is 5.88. The van der Waals surface area contributed by atoms with Crippen molar-refractivity contribution in [2.75, 3.05) is 33.5 Å². The molecule has 2 fully saturated rings. The van der Waals surface area contributed by atoms with E-state index in [2.05, 4.69) is 5.32 Å². The topological polar surface area (TPSA) is 56.8 Å². The zero-order valence-electron chi connectivity index (χ0n) is 14.4. The van der Waals surface area contributed by atoms with Gasteiger partial charge in [-0.1, -0.05) is 31.4 Å². The lowest BCUT2D eigenvalue weighted by molar-refractivity contribution is -0.130. The van der Waals surface area contributed by atoms with Gasteiger partial charge in [0.05, 0.1) is 38.4 Å². The maximum absolute atomic E-state index is 13.1. The van der Waals surface area contributed by atoms with Crippen molar-refractivity contribution in [1.29, 1.82) is 0 Å². The largest absolute Gasteiger partial charge is 0.497 e. The molecule has 1 aliphatic heterocycles. The molecule has 1 heterocycles. The Balaban J connectivity index is 1.72. The summed E-state index contributed by atoms with van der Waals surface area (Å²) in [5, 5.41) is 3.11. The Labute approximate surface area is 143 Å². The van der Waals surface area contributed by atoms with Crippen molar-refractivity contribution in [2.45, 2.75) is 43.6 Å². The van der Waals surface area contributed by atoms with Crippen LogP contribution in [0.25, 0.3) is 0 Å². The second-order valence-electron chi connectivity index (χ2n) is 6.65. The molecule has 132 valence electrons. The van der Waals surface area contributed by atoms with Gasteiger partial charge in [-0.15, -0.1) is 0 Å². The summed E-state index contributed by atoms with van der Waals surface area (Å²) in [7, 11) is 1.66. The summed E-state index contributed by atoms with van der Waals surface area (Å²) in [6.45, 7) is 2.30. The summed E-state index contributed by atoms with van der Waals surface area (Å²) in [5.41, 5.74) is 0.654. The van der Waals surface area contributed by atoms with Gasteiger partial charge < -0.3 is 19.5 Å². The summed E-state index contributed by atoms with van der Waals surface area (Å²) >= 11 is 0. The minimum absolute atomic E-state index is 0.0424. The van der Waals surface area contributed by atoms with Gasteiger partial charge in [0, 0.05) is 6.54 Å². The number of amides is 1. The van der Waals surface area contributed by atoms with Gasteiger partial charge in [-0.25, -0.2) is 0 Å². The molecule has 3 rings (SSSR count). The van der Waals surface area contributed by atoms with E-state index in [1.54, 1.807) is 7.11 Å². The van der Waals surface area contributed by atoms with Crippen molar-refractivity contribution >= 4 is 5.91 Å². The average Bonchev–Trinajstić information content (AvgIpc) is 2.67. The number of hydrogen-bond donors (Lipinski definition) is 1. The summed E-state index contributed by atoms with van der Waals surface area (Å²) in [4.78, 5) is 13.1. The van der Waals surface area contributed by atoms with E-state index in [9.17, 15) is 4.79 Å². The molecule has 1 saturated carbocycles. The number of methoxy groups -OCH3 is 1. The van der Waals surface area contributed by atoms with Crippen molar-refractivity contribution in [3.05, 3.63) is 29.8 Å². The third-order valence-corrected chi connectivity index (χ3v) is 5.16. The van der Waals surface area contributed by atoms with Gasteiger partial charge in [-0.2, -0.15) is 0 Å². The SMILES string of the molecule is COc1ccc(C2(C(=O)NC[C@@H]3COCCO3)CCCCC2)cc1. The zero-order chi connectivity index (χ0) is 16.8. The van der Waals surface area contributed by atoms with Crippen LogP contribution in [0.5, 0.6) is 5.75 Å². The molecule has 1 N–H and O–H groups in total. The van der Waals surface area contributed by atoms with E-state index in [0.717, 1.165) is 37.0 Å². The molecule has 1 atom stereocenters. The number of carbonyl (C=O) groups is 1. The highest BCUT2D eigenvalue weighted by Gasteiger charge is 2.41. The number of carbonyl (C=O) groups excluding carboxylic acids is 1. The van der Waals surface area contributed by atoms with Gasteiger partial charge in [0.2, 0.25) is 5.91 Å². The van der Waals surface area contributed by atoms with Crippen LogP contribution >= 0.6 is 0 Å². The Morgan fingerprint density at radius 1 is 1.21 bits per heavy atom. The third kappa shape index (κ3) is 3.73. The standard InChI is InChI=1S/C19H27NO4/c1-22-16-7-5-15(6-8-16)19(9-3-2-4-10-19)18(21)20-13-17-14-23-11-12-24-17/h5-8,17H,2-4,9-14H2,1H3,(H,20,21)/t17-/m1/s1. The Kier molecular flexibility index (Phi) is 5.74. The molecule has 0 bridgehead atoms. The van der Waals surface area contributed by atoms with Crippen LogP contribution in [0, 0.1) is 0 Å². The van der Waals surface area contributed by atoms with E-state index in [-0.39, 0.29) is 12.0 Å². The van der Waals surface area contributed by atoms with Crippen molar-refractivity contribution in [1.82, 2.24) is 5.32 Å². The first-order valence-corrected chi connectivity index (χ1v) is 8.87. The maximum Gasteiger partial charge on any atom is 0.230 e. The minimum Gasteiger partial charge on any atom is -0.497 e. The fourth-order valence-electron chi connectivity index (χ4n) is 3.74. The second kappa shape index (κ2) is 7.99. The maximum atomic E-state index is 13.1. The molecule has 1 aromatic rings. The van der Waals surface area contributed by atoms with Gasteiger partial charge in [0.1, 0.15) is 5.75 Å². The second-order valence-corrected chi connectivity index (χ2v) is 6.65. The average molecular weight is 333 g/mol.